The number of carbonyl (C=O) groups excluding carboxylic acids is 1. The highest BCUT2D eigenvalue weighted by Crippen LogP contribution is 2.36. The Balaban J connectivity index is 1.66. The van der Waals surface area contributed by atoms with Crippen molar-refractivity contribution < 1.29 is 9.53 Å². The Morgan fingerprint density at radius 3 is 3.00 bits per heavy atom. The topological polar surface area (TPSA) is 42.4 Å². The van der Waals surface area contributed by atoms with Crippen molar-refractivity contribution in [3.63, 3.8) is 0 Å². The molecule has 1 saturated heterocycles. The van der Waals surface area contributed by atoms with E-state index < -0.39 is 0 Å². The first-order valence-electron chi connectivity index (χ1n) is 8.71. The molecule has 1 aromatic heterocycles. The largest absolute Gasteiger partial charge is 0.368 e. The van der Waals surface area contributed by atoms with Crippen molar-refractivity contribution in [1.82, 2.24) is 9.88 Å². The molecular formula is C19H22N2O2S. The van der Waals surface area contributed by atoms with Crippen molar-refractivity contribution in [3.8, 4) is 0 Å². The molecule has 0 bridgehead atoms. The third-order valence-electron chi connectivity index (χ3n) is 4.99. The van der Waals surface area contributed by atoms with E-state index in [9.17, 15) is 4.79 Å². The third-order valence-corrected chi connectivity index (χ3v) is 5.76. The van der Waals surface area contributed by atoms with Crippen molar-refractivity contribution in [2.45, 2.75) is 50.8 Å². The molecule has 1 amide bonds. The number of hydrogen-bond donors (Lipinski definition) is 0. The molecule has 0 spiro atoms. The number of aryl methyl sites for hydroxylation is 1. The zero-order valence-corrected chi connectivity index (χ0v) is 14.5. The van der Waals surface area contributed by atoms with Gasteiger partial charge in [0.1, 0.15) is 11.1 Å². The molecule has 1 fully saturated rings. The van der Waals surface area contributed by atoms with Gasteiger partial charge in [-0.05, 0) is 43.2 Å². The highest BCUT2D eigenvalue weighted by molar-refractivity contribution is 7.09. The van der Waals surface area contributed by atoms with E-state index in [2.05, 4.69) is 29.2 Å². The molecule has 126 valence electrons. The van der Waals surface area contributed by atoms with Gasteiger partial charge in [0.2, 0.25) is 0 Å². The first kappa shape index (κ1) is 15.8. The van der Waals surface area contributed by atoms with Crippen molar-refractivity contribution in [1.29, 1.82) is 0 Å². The van der Waals surface area contributed by atoms with Crippen LogP contribution in [0.4, 0.5) is 0 Å². The molecule has 1 aliphatic heterocycles. The number of hydrogen-bond acceptors (Lipinski definition) is 4. The fourth-order valence-electron chi connectivity index (χ4n) is 3.83. The van der Waals surface area contributed by atoms with Gasteiger partial charge in [-0.3, -0.25) is 4.79 Å². The molecule has 0 N–H and O–H groups in total. The van der Waals surface area contributed by atoms with Gasteiger partial charge in [0.05, 0.1) is 12.6 Å². The number of thiazole rings is 1. The van der Waals surface area contributed by atoms with Crippen LogP contribution in [0.15, 0.2) is 35.8 Å². The van der Waals surface area contributed by atoms with Gasteiger partial charge < -0.3 is 9.64 Å². The number of benzene rings is 1. The lowest BCUT2D eigenvalue weighted by Gasteiger charge is -2.36. The number of rotatable bonds is 4. The molecule has 24 heavy (non-hydrogen) atoms. The predicted octanol–water partition coefficient (Wildman–Crippen LogP) is 3.73. The van der Waals surface area contributed by atoms with Crippen LogP contribution in [0.2, 0.25) is 0 Å². The first-order chi connectivity index (χ1) is 11.8. The summed E-state index contributed by atoms with van der Waals surface area (Å²) in [5.74, 6) is 0.129. The lowest BCUT2D eigenvalue weighted by Crippen LogP contribution is -2.42. The summed E-state index contributed by atoms with van der Waals surface area (Å²) < 4.78 is 5.69. The van der Waals surface area contributed by atoms with Crippen molar-refractivity contribution in [2.24, 2.45) is 0 Å². The number of ether oxygens (including phenoxy) is 1. The van der Waals surface area contributed by atoms with Crippen LogP contribution in [0.25, 0.3) is 0 Å². The zero-order chi connectivity index (χ0) is 16.4. The second kappa shape index (κ2) is 7.03. The second-order valence-electron chi connectivity index (χ2n) is 6.50. The molecule has 0 unspecified atom stereocenters. The fourth-order valence-corrected chi connectivity index (χ4v) is 4.44. The van der Waals surface area contributed by atoms with Crippen LogP contribution in [0.5, 0.6) is 0 Å². The SMILES string of the molecule is O=C([C@@H]1CCCO1)N(Cc1nccs1)[C@@H]1CCCc2ccccc21. The number of aromatic nitrogens is 1. The number of fused-ring (bicyclic) bond motifs is 1. The Morgan fingerprint density at radius 2 is 2.21 bits per heavy atom. The Hall–Kier alpha value is -1.72. The van der Waals surface area contributed by atoms with Crippen LogP contribution in [0, 0.1) is 0 Å². The molecule has 2 heterocycles. The molecule has 5 heteroatoms. The summed E-state index contributed by atoms with van der Waals surface area (Å²) in [5, 5.41) is 2.96. The number of nitrogens with zero attached hydrogens (tertiary/aromatic N) is 2. The van der Waals surface area contributed by atoms with Gasteiger partial charge in [-0.25, -0.2) is 4.98 Å². The summed E-state index contributed by atoms with van der Waals surface area (Å²) >= 11 is 1.61. The lowest BCUT2D eigenvalue weighted by atomic mass is 9.86. The van der Waals surface area contributed by atoms with Crippen LogP contribution in [0.1, 0.15) is 47.9 Å². The first-order valence-corrected chi connectivity index (χ1v) is 9.59. The summed E-state index contributed by atoms with van der Waals surface area (Å²) in [6.45, 7) is 1.28. The van der Waals surface area contributed by atoms with E-state index in [4.69, 9.17) is 4.74 Å². The molecule has 4 rings (SSSR count). The van der Waals surface area contributed by atoms with Crippen molar-refractivity contribution in [3.05, 3.63) is 52.0 Å². The Labute approximate surface area is 146 Å². The lowest BCUT2D eigenvalue weighted by molar-refractivity contribution is -0.144. The van der Waals surface area contributed by atoms with E-state index in [0.29, 0.717) is 13.2 Å². The highest BCUT2D eigenvalue weighted by atomic mass is 32.1. The molecule has 2 atom stereocenters. The van der Waals surface area contributed by atoms with Gasteiger partial charge >= 0.3 is 0 Å². The predicted molar refractivity (Wildman–Crippen MR) is 93.8 cm³/mol. The minimum Gasteiger partial charge on any atom is -0.368 e. The van der Waals surface area contributed by atoms with Gasteiger partial charge in [-0.15, -0.1) is 11.3 Å². The van der Waals surface area contributed by atoms with Crippen LogP contribution in [-0.2, 0) is 22.5 Å². The fraction of sp³-hybridized carbons (Fsp3) is 0.474. The van der Waals surface area contributed by atoms with Gasteiger partial charge in [0.15, 0.2) is 0 Å². The normalized spacial score (nSPS) is 23.0. The number of amides is 1. The minimum atomic E-state index is -0.279. The molecular weight excluding hydrogens is 320 g/mol. The van der Waals surface area contributed by atoms with E-state index in [1.54, 1.807) is 11.3 Å². The number of carbonyl (C=O) groups is 1. The quantitative estimate of drug-likeness (QED) is 0.850. The van der Waals surface area contributed by atoms with Gasteiger partial charge in [-0.1, -0.05) is 24.3 Å². The molecule has 2 aliphatic rings. The molecule has 2 aromatic rings. The monoisotopic (exact) mass is 342 g/mol. The maximum atomic E-state index is 13.2. The smallest absolute Gasteiger partial charge is 0.252 e. The summed E-state index contributed by atoms with van der Waals surface area (Å²) in [6.07, 6.45) is 6.58. The summed E-state index contributed by atoms with van der Waals surface area (Å²) in [5.41, 5.74) is 2.67. The van der Waals surface area contributed by atoms with E-state index in [0.717, 1.165) is 37.1 Å². The van der Waals surface area contributed by atoms with Crippen LogP contribution in [-0.4, -0.2) is 28.5 Å². The third kappa shape index (κ3) is 3.10. The maximum Gasteiger partial charge on any atom is 0.252 e. The molecule has 0 saturated carbocycles. The van der Waals surface area contributed by atoms with Crippen molar-refractivity contribution >= 4 is 17.2 Å². The van der Waals surface area contributed by atoms with E-state index in [1.165, 1.54) is 11.1 Å². The maximum absolute atomic E-state index is 13.2. The zero-order valence-electron chi connectivity index (χ0n) is 13.7. The molecule has 1 aliphatic carbocycles. The average Bonchev–Trinajstić information content (AvgIpc) is 3.32. The Bertz CT molecular complexity index is 695. The Morgan fingerprint density at radius 1 is 1.29 bits per heavy atom. The standard InChI is InChI=1S/C19H22N2O2S/c22-19(17-9-4-11-23-17)21(13-18-20-10-12-24-18)16-8-3-6-14-5-1-2-7-15(14)16/h1-2,5,7,10,12,16-17H,3-4,6,8-9,11,13H2/t16-,17+/m1/s1. The van der Waals surface area contributed by atoms with Gasteiger partial charge in [0, 0.05) is 18.2 Å². The average molecular weight is 342 g/mol. The second-order valence-corrected chi connectivity index (χ2v) is 7.48. The van der Waals surface area contributed by atoms with Crippen molar-refractivity contribution in [2.75, 3.05) is 6.61 Å². The van der Waals surface area contributed by atoms with Crippen LogP contribution in [0.3, 0.4) is 0 Å². The summed E-state index contributed by atoms with van der Waals surface area (Å²) in [6, 6.07) is 8.68. The summed E-state index contributed by atoms with van der Waals surface area (Å²) in [4.78, 5) is 19.6. The van der Waals surface area contributed by atoms with Crippen LogP contribution >= 0.6 is 11.3 Å². The van der Waals surface area contributed by atoms with Gasteiger partial charge in [0.25, 0.3) is 5.91 Å². The van der Waals surface area contributed by atoms with Crippen LogP contribution < -0.4 is 0 Å². The van der Waals surface area contributed by atoms with Gasteiger partial charge in [-0.2, -0.15) is 0 Å². The Kier molecular flexibility index (Phi) is 4.63. The molecule has 0 radical (unpaired) electrons. The van der Waals surface area contributed by atoms with E-state index in [-0.39, 0.29) is 18.1 Å². The van der Waals surface area contributed by atoms with E-state index in [1.807, 2.05) is 16.5 Å². The van der Waals surface area contributed by atoms with E-state index >= 15 is 0 Å². The highest BCUT2D eigenvalue weighted by Gasteiger charge is 2.35. The molecule has 4 nitrogen and oxygen atoms in total. The summed E-state index contributed by atoms with van der Waals surface area (Å²) in [7, 11) is 0. The minimum absolute atomic E-state index is 0.129. The molecule has 1 aromatic carbocycles.